The van der Waals surface area contributed by atoms with E-state index in [0.29, 0.717) is 47.2 Å². The van der Waals surface area contributed by atoms with Gasteiger partial charge in [0.05, 0.1) is 22.6 Å². The lowest BCUT2D eigenvalue weighted by Crippen LogP contribution is -2.47. The molecule has 1 aliphatic rings. The number of rotatable bonds is 2. The van der Waals surface area contributed by atoms with Gasteiger partial charge in [0.2, 0.25) is 0 Å². The van der Waals surface area contributed by atoms with Crippen molar-refractivity contribution in [1.82, 2.24) is 20.1 Å². The van der Waals surface area contributed by atoms with E-state index < -0.39 is 24.0 Å². The molecular formula is C17H21F3N4O. The van der Waals surface area contributed by atoms with Crippen LogP contribution in [0.1, 0.15) is 47.4 Å². The van der Waals surface area contributed by atoms with Crippen LogP contribution in [0.2, 0.25) is 0 Å². The molecule has 1 amide bonds. The lowest BCUT2D eigenvalue weighted by Gasteiger charge is -2.33. The zero-order valence-electron chi connectivity index (χ0n) is 14.4. The molecule has 2 aromatic rings. The fraction of sp³-hybridized carbons (Fsp3) is 0.588. The van der Waals surface area contributed by atoms with E-state index in [9.17, 15) is 18.0 Å². The first-order valence-electron chi connectivity index (χ1n) is 8.37. The van der Waals surface area contributed by atoms with Gasteiger partial charge in [-0.2, -0.15) is 18.3 Å². The quantitative estimate of drug-likeness (QED) is 0.899. The number of alkyl halides is 3. The van der Waals surface area contributed by atoms with Gasteiger partial charge in [0.1, 0.15) is 0 Å². The summed E-state index contributed by atoms with van der Waals surface area (Å²) in [5, 5.41) is 7.48. The van der Waals surface area contributed by atoms with Crippen molar-refractivity contribution in [2.75, 3.05) is 0 Å². The Kier molecular flexibility index (Phi) is 4.47. The average molecular weight is 354 g/mol. The molecule has 2 atom stereocenters. The van der Waals surface area contributed by atoms with Crippen LogP contribution in [-0.4, -0.2) is 32.9 Å². The first-order valence-corrected chi connectivity index (χ1v) is 8.37. The number of halogens is 3. The number of fused-ring (bicyclic) bond motifs is 1. The minimum Gasteiger partial charge on any atom is -0.349 e. The van der Waals surface area contributed by atoms with E-state index in [2.05, 4.69) is 15.4 Å². The fourth-order valence-electron chi connectivity index (χ4n) is 3.69. The van der Waals surface area contributed by atoms with Crippen molar-refractivity contribution in [1.29, 1.82) is 0 Å². The maximum atomic E-state index is 13.3. The minimum atomic E-state index is -4.30. The van der Waals surface area contributed by atoms with Crippen molar-refractivity contribution in [2.45, 2.75) is 51.7 Å². The van der Waals surface area contributed by atoms with Crippen LogP contribution in [0.5, 0.6) is 0 Å². The summed E-state index contributed by atoms with van der Waals surface area (Å²) >= 11 is 0. The number of nitrogens with zero attached hydrogens (tertiary/aromatic N) is 3. The van der Waals surface area contributed by atoms with Gasteiger partial charge < -0.3 is 5.32 Å². The zero-order valence-corrected chi connectivity index (χ0v) is 14.4. The highest BCUT2D eigenvalue weighted by atomic mass is 19.4. The molecule has 5 nitrogen and oxygen atoms in total. The van der Waals surface area contributed by atoms with E-state index in [0.717, 1.165) is 0 Å². The first kappa shape index (κ1) is 17.7. The van der Waals surface area contributed by atoms with Gasteiger partial charge in [-0.3, -0.25) is 9.48 Å². The predicted molar refractivity (Wildman–Crippen MR) is 87.3 cm³/mol. The summed E-state index contributed by atoms with van der Waals surface area (Å²) in [6.45, 7) is 3.51. The molecule has 2 heterocycles. The number of hydrogen-bond acceptors (Lipinski definition) is 3. The molecular weight excluding hydrogens is 333 g/mol. The van der Waals surface area contributed by atoms with Crippen LogP contribution in [0.3, 0.4) is 0 Å². The molecule has 3 rings (SSSR count). The summed E-state index contributed by atoms with van der Waals surface area (Å²) in [6, 6.07) is 0.722. The lowest BCUT2D eigenvalue weighted by atomic mass is 9.84. The summed E-state index contributed by atoms with van der Waals surface area (Å²) in [4.78, 5) is 17.2. The SMILES string of the molecule is Cc1cc(C(=O)N[C@@H]2CCCC[C@H]2C(F)(F)F)c2c(C)nn(C)c2n1. The van der Waals surface area contributed by atoms with Crippen LogP contribution in [-0.2, 0) is 7.05 Å². The Morgan fingerprint density at radius 3 is 2.64 bits per heavy atom. The number of aryl methyl sites for hydroxylation is 3. The normalized spacial score (nSPS) is 21.5. The summed E-state index contributed by atoms with van der Waals surface area (Å²) in [5.74, 6) is -1.98. The van der Waals surface area contributed by atoms with Gasteiger partial charge in [0, 0.05) is 18.8 Å². The van der Waals surface area contributed by atoms with Crippen molar-refractivity contribution < 1.29 is 18.0 Å². The van der Waals surface area contributed by atoms with Gasteiger partial charge in [0.25, 0.3) is 5.91 Å². The van der Waals surface area contributed by atoms with Gasteiger partial charge in [-0.15, -0.1) is 0 Å². The summed E-state index contributed by atoms with van der Waals surface area (Å²) in [7, 11) is 1.73. The third-order valence-corrected chi connectivity index (χ3v) is 4.84. The van der Waals surface area contributed by atoms with Crippen molar-refractivity contribution in [3.63, 3.8) is 0 Å². The highest BCUT2D eigenvalue weighted by Crippen LogP contribution is 2.38. The van der Waals surface area contributed by atoms with Crippen molar-refractivity contribution in [3.8, 4) is 0 Å². The van der Waals surface area contributed by atoms with Crippen LogP contribution < -0.4 is 5.32 Å². The third kappa shape index (κ3) is 3.34. The van der Waals surface area contributed by atoms with Gasteiger partial charge >= 0.3 is 6.18 Å². The molecule has 0 saturated heterocycles. The van der Waals surface area contributed by atoms with Crippen LogP contribution in [0.4, 0.5) is 13.2 Å². The number of nitrogens with one attached hydrogen (secondary N) is 1. The molecule has 1 N–H and O–H groups in total. The molecule has 2 aromatic heterocycles. The molecule has 1 aliphatic carbocycles. The number of carbonyl (C=O) groups is 1. The molecule has 0 spiro atoms. The molecule has 0 aromatic carbocycles. The maximum absolute atomic E-state index is 13.3. The Bertz CT molecular complexity index is 812. The van der Waals surface area contributed by atoms with Crippen LogP contribution in [0, 0.1) is 19.8 Å². The number of hydrogen-bond donors (Lipinski definition) is 1. The van der Waals surface area contributed by atoms with E-state index in [1.165, 1.54) is 0 Å². The molecule has 0 aliphatic heterocycles. The standard InChI is InChI=1S/C17H21F3N4O/c1-9-8-11(14-10(2)23-24(3)15(14)21-9)16(25)22-13-7-5-4-6-12(13)17(18,19)20/h8,12-13H,4-7H2,1-3H3,(H,22,25)/t12-,13-/m1/s1. The van der Waals surface area contributed by atoms with Crippen LogP contribution >= 0.6 is 0 Å². The lowest BCUT2D eigenvalue weighted by molar-refractivity contribution is -0.187. The molecule has 0 bridgehead atoms. The summed E-state index contributed by atoms with van der Waals surface area (Å²) in [5.41, 5.74) is 2.14. The third-order valence-electron chi connectivity index (χ3n) is 4.84. The average Bonchev–Trinajstić information content (AvgIpc) is 2.80. The van der Waals surface area contributed by atoms with Gasteiger partial charge in [-0.1, -0.05) is 12.8 Å². The molecule has 1 saturated carbocycles. The first-order chi connectivity index (χ1) is 11.7. The molecule has 1 fully saturated rings. The van der Waals surface area contributed by atoms with E-state index in [4.69, 9.17) is 0 Å². The number of aromatic nitrogens is 3. The van der Waals surface area contributed by atoms with E-state index in [-0.39, 0.29) is 6.42 Å². The Balaban J connectivity index is 1.95. The fourth-order valence-corrected chi connectivity index (χ4v) is 3.69. The van der Waals surface area contributed by atoms with Gasteiger partial charge in [0.15, 0.2) is 5.65 Å². The van der Waals surface area contributed by atoms with E-state index in [1.54, 1.807) is 31.6 Å². The second-order valence-electron chi connectivity index (χ2n) is 6.73. The molecule has 136 valence electrons. The highest BCUT2D eigenvalue weighted by Gasteiger charge is 2.46. The Morgan fingerprint density at radius 2 is 1.96 bits per heavy atom. The smallest absolute Gasteiger partial charge is 0.349 e. The Morgan fingerprint density at radius 1 is 1.28 bits per heavy atom. The van der Waals surface area contributed by atoms with Crippen LogP contribution in [0.15, 0.2) is 6.07 Å². The molecule has 25 heavy (non-hydrogen) atoms. The van der Waals surface area contributed by atoms with Crippen molar-refractivity contribution >= 4 is 16.9 Å². The minimum absolute atomic E-state index is 0.0607. The summed E-state index contributed by atoms with van der Waals surface area (Å²) < 4.78 is 41.3. The number of amides is 1. The Hall–Kier alpha value is -2.12. The second-order valence-corrected chi connectivity index (χ2v) is 6.73. The predicted octanol–water partition coefficient (Wildman–Crippen LogP) is 3.44. The highest BCUT2D eigenvalue weighted by molar-refractivity contribution is 6.06. The topological polar surface area (TPSA) is 59.8 Å². The number of carbonyl (C=O) groups excluding carboxylic acids is 1. The van der Waals surface area contributed by atoms with Gasteiger partial charge in [-0.05, 0) is 32.8 Å². The number of pyridine rings is 1. The summed E-state index contributed by atoms with van der Waals surface area (Å²) in [6.07, 6.45) is -2.67. The second kappa shape index (κ2) is 6.31. The monoisotopic (exact) mass is 354 g/mol. The van der Waals surface area contributed by atoms with E-state index in [1.807, 2.05) is 0 Å². The molecule has 0 radical (unpaired) electrons. The molecule has 0 unspecified atom stereocenters. The van der Waals surface area contributed by atoms with Crippen LogP contribution in [0.25, 0.3) is 11.0 Å². The molecule has 8 heteroatoms. The van der Waals surface area contributed by atoms with Gasteiger partial charge in [-0.25, -0.2) is 4.98 Å². The van der Waals surface area contributed by atoms with E-state index >= 15 is 0 Å². The van der Waals surface area contributed by atoms with Crippen molar-refractivity contribution in [3.05, 3.63) is 23.0 Å². The zero-order chi connectivity index (χ0) is 18.4. The largest absolute Gasteiger partial charge is 0.393 e. The van der Waals surface area contributed by atoms with Crippen molar-refractivity contribution in [2.24, 2.45) is 13.0 Å². The Labute approximate surface area is 143 Å². The maximum Gasteiger partial charge on any atom is 0.393 e.